The molecule has 2 aromatic carbocycles. The second-order valence-corrected chi connectivity index (χ2v) is 5.02. The van der Waals surface area contributed by atoms with Gasteiger partial charge in [0.25, 0.3) is 0 Å². The minimum atomic E-state index is -0.604. The average Bonchev–Trinajstić information content (AvgIpc) is 2.36. The third kappa shape index (κ3) is 1.95. The van der Waals surface area contributed by atoms with E-state index in [2.05, 4.69) is 22.4 Å². The summed E-state index contributed by atoms with van der Waals surface area (Å²) in [6, 6.07) is 14.1. The lowest BCUT2D eigenvalue weighted by Crippen LogP contribution is -2.46. The lowest BCUT2D eigenvalue weighted by atomic mass is 9.85. The molecule has 1 aliphatic heterocycles. The molecule has 0 saturated carbocycles. The Morgan fingerprint density at radius 3 is 2.74 bits per heavy atom. The van der Waals surface area contributed by atoms with Crippen LogP contribution in [-0.2, 0) is 10.3 Å². The summed E-state index contributed by atoms with van der Waals surface area (Å²) in [5.41, 5.74) is 6.13. The number of benzene rings is 2. The molecule has 0 fully saturated rings. The number of carbonyl (C=O) groups excluding carboxylic acids is 1. The topological polar surface area (TPSA) is 67.5 Å². The first-order valence-corrected chi connectivity index (χ1v) is 6.22. The number of carbonyl (C=O) groups is 1. The number of aliphatic imine (C=N–C) groups is 1. The first-order valence-electron chi connectivity index (χ1n) is 6.22. The van der Waals surface area contributed by atoms with E-state index in [0.29, 0.717) is 6.42 Å². The molecule has 1 heterocycles. The van der Waals surface area contributed by atoms with Crippen LogP contribution in [0.5, 0.6) is 0 Å². The Labute approximate surface area is 111 Å². The van der Waals surface area contributed by atoms with Gasteiger partial charge in [0.2, 0.25) is 5.91 Å². The van der Waals surface area contributed by atoms with Gasteiger partial charge in [-0.15, -0.1) is 0 Å². The van der Waals surface area contributed by atoms with Crippen molar-refractivity contribution in [1.29, 1.82) is 0 Å². The molecule has 0 spiro atoms. The Hall–Kier alpha value is -2.36. The van der Waals surface area contributed by atoms with Crippen molar-refractivity contribution in [3.63, 3.8) is 0 Å². The summed E-state index contributed by atoms with van der Waals surface area (Å²) in [6.07, 6.45) is 0.307. The Morgan fingerprint density at radius 1 is 1.21 bits per heavy atom. The molecule has 96 valence electrons. The first kappa shape index (κ1) is 11.7. The summed E-state index contributed by atoms with van der Waals surface area (Å²) < 4.78 is 0. The summed E-state index contributed by atoms with van der Waals surface area (Å²) >= 11 is 0. The van der Waals surface area contributed by atoms with Gasteiger partial charge in [0.15, 0.2) is 5.96 Å². The van der Waals surface area contributed by atoms with Crippen molar-refractivity contribution in [2.24, 2.45) is 10.7 Å². The summed E-state index contributed by atoms with van der Waals surface area (Å²) in [5.74, 6) is 0.0922. The highest BCUT2D eigenvalue weighted by molar-refractivity contribution is 6.00. The minimum Gasteiger partial charge on any atom is -0.370 e. The summed E-state index contributed by atoms with van der Waals surface area (Å²) in [7, 11) is 0. The Kier molecular flexibility index (Phi) is 2.52. The van der Waals surface area contributed by atoms with Gasteiger partial charge in [0.1, 0.15) is 0 Å². The van der Waals surface area contributed by atoms with E-state index in [1.165, 1.54) is 0 Å². The maximum Gasteiger partial charge on any atom is 0.229 e. The molecule has 0 radical (unpaired) electrons. The van der Waals surface area contributed by atoms with Crippen molar-refractivity contribution >= 4 is 22.6 Å². The predicted octanol–water partition coefficient (Wildman–Crippen LogP) is 1.89. The molecule has 1 amide bonds. The van der Waals surface area contributed by atoms with Crippen LogP contribution in [0.15, 0.2) is 47.5 Å². The van der Waals surface area contributed by atoms with Crippen LogP contribution in [0.1, 0.15) is 18.9 Å². The van der Waals surface area contributed by atoms with E-state index in [4.69, 9.17) is 5.73 Å². The highest BCUT2D eigenvalue weighted by Crippen LogP contribution is 2.35. The van der Waals surface area contributed by atoms with E-state index in [1.807, 2.05) is 37.3 Å². The third-order valence-electron chi connectivity index (χ3n) is 3.51. The molecule has 0 aliphatic carbocycles. The van der Waals surface area contributed by atoms with Crippen molar-refractivity contribution in [3.05, 3.63) is 48.0 Å². The van der Waals surface area contributed by atoms with Crippen LogP contribution in [-0.4, -0.2) is 11.9 Å². The zero-order valence-electron chi connectivity index (χ0n) is 10.7. The fourth-order valence-electron chi connectivity index (χ4n) is 2.68. The highest BCUT2D eigenvalue weighted by atomic mass is 16.1. The van der Waals surface area contributed by atoms with Crippen LogP contribution in [0, 0.1) is 0 Å². The average molecular weight is 253 g/mol. The number of fused-ring (bicyclic) bond motifs is 1. The monoisotopic (exact) mass is 253 g/mol. The van der Waals surface area contributed by atoms with Crippen molar-refractivity contribution in [1.82, 2.24) is 5.32 Å². The minimum absolute atomic E-state index is 0.0945. The van der Waals surface area contributed by atoms with Gasteiger partial charge in [-0.3, -0.25) is 10.1 Å². The molecule has 3 N–H and O–H groups in total. The molecule has 2 aromatic rings. The normalized spacial score (nSPS) is 23.0. The molecule has 4 heteroatoms. The Morgan fingerprint density at radius 2 is 1.95 bits per heavy atom. The third-order valence-corrected chi connectivity index (χ3v) is 3.51. The van der Waals surface area contributed by atoms with Gasteiger partial charge in [-0.05, 0) is 23.3 Å². The SMILES string of the molecule is CC1(c2cccc3ccccc23)CC(=O)NC(N)=N1. The van der Waals surface area contributed by atoms with Gasteiger partial charge < -0.3 is 5.73 Å². The molecule has 1 unspecified atom stereocenters. The van der Waals surface area contributed by atoms with Gasteiger partial charge in [0.05, 0.1) is 12.0 Å². The van der Waals surface area contributed by atoms with Crippen LogP contribution in [0.2, 0.25) is 0 Å². The van der Waals surface area contributed by atoms with Gasteiger partial charge >= 0.3 is 0 Å². The molecule has 0 saturated heterocycles. The van der Waals surface area contributed by atoms with E-state index in [-0.39, 0.29) is 11.9 Å². The summed E-state index contributed by atoms with van der Waals surface area (Å²) in [5, 5.41) is 4.79. The number of amides is 1. The van der Waals surface area contributed by atoms with Crippen molar-refractivity contribution in [3.8, 4) is 0 Å². The first-order chi connectivity index (χ1) is 9.08. The van der Waals surface area contributed by atoms with Gasteiger partial charge in [-0.2, -0.15) is 0 Å². The lowest BCUT2D eigenvalue weighted by Gasteiger charge is -2.30. The van der Waals surface area contributed by atoms with Gasteiger partial charge in [0, 0.05) is 0 Å². The number of nitrogens with zero attached hydrogens (tertiary/aromatic N) is 1. The van der Waals surface area contributed by atoms with E-state index in [9.17, 15) is 4.79 Å². The lowest BCUT2D eigenvalue weighted by molar-refractivity contribution is -0.121. The Bertz CT molecular complexity index is 687. The van der Waals surface area contributed by atoms with Crippen LogP contribution in [0.25, 0.3) is 10.8 Å². The van der Waals surface area contributed by atoms with E-state index < -0.39 is 5.54 Å². The number of guanidine groups is 1. The number of nitrogens with two attached hydrogens (primary N) is 1. The Balaban J connectivity index is 2.24. The fourth-order valence-corrected chi connectivity index (χ4v) is 2.68. The second-order valence-electron chi connectivity index (χ2n) is 5.02. The maximum atomic E-state index is 11.7. The zero-order valence-corrected chi connectivity index (χ0v) is 10.7. The largest absolute Gasteiger partial charge is 0.370 e. The molecule has 0 bridgehead atoms. The van der Waals surface area contributed by atoms with E-state index in [0.717, 1.165) is 16.3 Å². The van der Waals surface area contributed by atoms with Gasteiger partial charge in [-0.25, -0.2) is 4.99 Å². The van der Waals surface area contributed by atoms with Crippen molar-refractivity contribution in [2.75, 3.05) is 0 Å². The molecular formula is C15H15N3O. The quantitative estimate of drug-likeness (QED) is 0.815. The summed E-state index contributed by atoms with van der Waals surface area (Å²) in [6.45, 7) is 1.94. The van der Waals surface area contributed by atoms with E-state index >= 15 is 0 Å². The smallest absolute Gasteiger partial charge is 0.229 e. The van der Waals surface area contributed by atoms with E-state index in [1.54, 1.807) is 0 Å². The zero-order chi connectivity index (χ0) is 13.5. The molecule has 3 rings (SSSR count). The highest BCUT2D eigenvalue weighted by Gasteiger charge is 2.34. The molecule has 4 nitrogen and oxygen atoms in total. The molecule has 1 atom stereocenters. The fraction of sp³-hybridized carbons (Fsp3) is 0.200. The molecule has 1 aliphatic rings. The van der Waals surface area contributed by atoms with Crippen LogP contribution in [0.4, 0.5) is 0 Å². The van der Waals surface area contributed by atoms with Crippen LogP contribution >= 0.6 is 0 Å². The number of hydrogen-bond acceptors (Lipinski definition) is 3. The van der Waals surface area contributed by atoms with Crippen molar-refractivity contribution in [2.45, 2.75) is 18.9 Å². The van der Waals surface area contributed by atoms with Crippen LogP contribution < -0.4 is 11.1 Å². The van der Waals surface area contributed by atoms with Crippen LogP contribution in [0.3, 0.4) is 0 Å². The number of hydrogen-bond donors (Lipinski definition) is 2. The molecule has 0 aromatic heterocycles. The standard InChI is InChI=1S/C15H15N3O/c1-15(9-13(19)17-14(16)18-15)12-8-4-6-10-5-2-3-7-11(10)12/h2-8H,9H2,1H3,(H3,16,17,18,19). The van der Waals surface area contributed by atoms with Gasteiger partial charge in [-0.1, -0.05) is 42.5 Å². The maximum absolute atomic E-state index is 11.7. The number of nitrogens with one attached hydrogen (secondary N) is 1. The van der Waals surface area contributed by atoms with Crippen molar-refractivity contribution < 1.29 is 4.79 Å². The molecule has 19 heavy (non-hydrogen) atoms. The second kappa shape index (κ2) is 4.09. The number of rotatable bonds is 1. The molecular weight excluding hydrogens is 238 g/mol. The summed E-state index contributed by atoms with van der Waals surface area (Å²) in [4.78, 5) is 16.2. The predicted molar refractivity (Wildman–Crippen MR) is 75.7 cm³/mol.